The van der Waals surface area contributed by atoms with Crippen LogP contribution in [0.1, 0.15) is 23.2 Å². The number of carboxylic acids is 1. The Morgan fingerprint density at radius 3 is 2.62 bits per heavy atom. The van der Waals surface area contributed by atoms with Crippen molar-refractivity contribution in [2.75, 3.05) is 17.6 Å². The van der Waals surface area contributed by atoms with Crippen molar-refractivity contribution >= 4 is 39.3 Å². The van der Waals surface area contributed by atoms with Crippen LogP contribution >= 0.6 is 11.6 Å². The number of halogens is 1. The second-order valence-electron chi connectivity index (χ2n) is 4.10. The van der Waals surface area contributed by atoms with E-state index in [4.69, 9.17) is 16.7 Å². The number of carbonyl (C=O) groups excluding carboxylic acids is 1. The fraction of sp³-hybridized carbons (Fsp3) is 0.333. The maximum Gasteiger partial charge on any atom is 0.339 e. The first kappa shape index (κ1) is 17.3. The normalized spacial score (nSPS) is 11.0. The third-order valence-corrected chi connectivity index (χ3v) is 4.15. The summed E-state index contributed by atoms with van der Waals surface area (Å²) in [6, 6.07) is 4.01. The minimum atomic E-state index is -3.70. The van der Waals surface area contributed by atoms with E-state index in [9.17, 15) is 18.0 Å². The van der Waals surface area contributed by atoms with E-state index in [1.807, 2.05) is 0 Å². The van der Waals surface area contributed by atoms with Crippen LogP contribution in [0.4, 0.5) is 5.69 Å². The Labute approximate surface area is 126 Å². The van der Waals surface area contributed by atoms with Crippen molar-refractivity contribution < 1.29 is 27.9 Å². The van der Waals surface area contributed by atoms with E-state index in [1.165, 1.54) is 25.3 Å². The highest BCUT2D eigenvalue weighted by Crippen LogP contribution is 2.22. The first-order valence-corrected chi connectivity index (χ1v) is 7.88. The Kier molecular flexibility index (Phi) is 5.98. The summed E-state index contributed by atoms with van der Waals surface area (Å²) in [6.45, 7) is 0. The minimum absolute atomic E-state index is 0.0118. The van der Waals surface area contributed by atoms with Crippen LogP contribution < -0.4 is 4.72 Å². The van der Waals surface area contributed by atoms with Crippen molar-refractivity contribution in [1.82, 2.24) is 0 Å². The SMILES string of the molecule is COC(=O)c1cc(NS(=O)(=O)CCCC(=O)O)ccc1Cl. The highest BCUT2D eigenvalue weighted by atomic mass is 35.5. The van der Waals surface area contributed by atoms with E-state index in [-0.39, 0.29) is 34.9 Å². The fourth-order valence-corrected chi connectivity index (χ4v) is 2.81. The molecule has 0 aliphatic carbocycles. The molecule has 9 heteroatoms. The summed E-state index contributed by atoms with van der Waals surface area (Å²) in [5, 5.41) is 8.61. The summed E-state index contributed by atoms with van der Waals surface area (Å²) in [5.41, 5.74) is 0.181. The molecule has 0 aliphatic rings. The number of hydrogen-bond donors (Lipinski definition) is 2. The van der Waals surface area contributed by atoms with E-state index < -0.39 is 22.0 Å². The topological polar surface area (TPSA) is 110 Å². The van der Waals surface area contributed by atoms with E-state index in [2.05, 4.69) is 9.46 Å². The van der Waals surface area contributed by atoms with Crippen LogP contribution in [0.5, 0.6) is 0 Å². The summed E-state index contributed by atoms with van der Waals surface area (Å²) >= 11 is 5.82. The van der Waals surface area contributed by atoms with Gasteiger partial charge in [0.1, 0.15) is 0 Å². The van der Waals surface area contributed by atoms with Gasteiger partial charge in [-0.2, -0.15) is 0 Å². The number of anilines is 1. The van der Waals surface area contributed by atoms with Gasteiger partial charge in [0, 0.05) is 12.1 Å². The smallest absolute Gasteiger partial charge is 0.339 e. The number of ether oxygens (including phenoxy) is 1. The van der Waals surface area contributed by atoms with Gasteiger partial charge in [0.15, 0.2) is 0 Å². The quantitative estimate of drug-likeness (QED) is 0.734. The number of sulfonamides is 1. The lowest BCUT2D eigenvalue weighted by atomic mass is 10.2. The molecule has 0 saturated heterocycles. The second-order valence-corrected chi connectivity index (χ2v) is 6.35. The lowest BCUT2D eigenvalue weighted by Gasteiger charge is -2.09. The second kappa shape index (κ2) is 7.28. The van der Waals surface area contributed by atoms with Crippen molar-refractivity contribution in [1.29, 1.82) is 0 Å². The molecular weight excluding hydrogens is 322 g/mol. The summed E-state index contributed by atoms with van der Waals surface area (Å²) in [5.74, 6) is -2.09. The van der Waals surface area contributed by atoms with Crippen molar-refractivity contribution in [2.45, 2.75) is 12.8 Å². The zero-order valence-corrected chi connectivity index (χ0v) is 12.7. The van der Waals surface area contributed by atoms with Gasteiger partial charge in [-0.1, -0.05) is 11.6 Å². The van der Waals surface area contributed by atoms with E-state index in [0.717, 1.165) is 0 Å². The number of methoxy groups -OCH3 is 1. The summed E-state index contributed by atoms with van der Waals surface area (Å²) in [4.78, 5) is 21.8. The molecule has 7 nitrogen and oxygen atoms in total. The number of esters is 1. The molecule has 0 spiro atoms. The standard InChI is InChI=1S/C12H14ClNO6S/c1-20-12(17)9-7-8(4-5-10(9)13)14-21(18,19)6-2-3-11(15)16/h4-5,7,14H,2-3,6H2,1H3,(H,15,16). The van der Waals surface area contributed by atoms with Gasteiger partial charge in [-0.25, -0.2) is 13.2 Å². The van der Waals surface area contributed by atoms with Gasteiger partial charge < -0.3 is 9.84 Å². The molecule has 0 unspecified atom stereocenters. The number of nitrogens with one attached hydrogen (secondary N) is 1. The number of carbonyl (C=O) groups is 2. The van der Waals surface area contributed by atoms with Gasteiger partial charge in [0.05, 0.1) is 23.4 Å². The van der Waals surface area contributed by atoms with Gasteiger partial charge in [0.25, 0.3) is 0 Å². The molecule has 1 rings (SSSR count). The molecule has 0 amide bonds. The van der Waals surface area contributed by atoms with Crippen LogP contribution in [0.15, 0.2) is 18.2 Å². The largest absolute Gasteiger partial charge is 0.481 e. The molecule has 1 aromatic rings. The van der Waals surface area contributed by atoms with Crippen LogP contribution in [-0.2, 0) is 19.6 Å². The van der Waals surface area contributed by atoms with Crippen molar-refractivity contribution in [2.24, 2.45) is 0 Å². The zero-order chi connectivity index (χ0) is 16.0. The van der Waals surface area contributed by atoms with Crippen LogP contribution in [0.25, 0.3) is 0 Å². The van der Waals surface area contributed by atoms with Crippen LogP contribution in [0.2, 0.25) is 5.02 Å². The van der Waals surface area contributed by atoms with E-state index in [1.54, 1.807) is 0 Å². The highest BCUT2D eigenvalue weighted by Gasteiger charge is 2.15. The maximum atomic E-state index is 11.8. The molecule has 2 N–H and O–H groups in total. The van der Waals surface area contributed by atoms with Crippen molar-refractivity contribution in [3.63, 3.8) is 0 Å². The Bertz CT molecular complexity index is 643. The summed E-state index contributed by atoms with van der Waals surface area (Å²) in [6.07, 6.45) is -0.253. The molecule has 21 heavy (non-hydrogen) atoms. The summed E-state index contributed by atoms with van der Waals surface area (Å²) in [7, 11) is -2.52. The molecule has 0 radical (unpaired) electrons. The minimum Gasteiger partial charge on any atom is -0.481 e. The third kappa shape index (κ3) is 5.60. The first-order valence-electron chi connectivity index (χ1n) is 5.85. The van der Waals surface area contributed by atoms with Gasteiger partial charge in [-0.05, 0) is 24.6 Å². The number of benzene rings is 1. The number of aliphatic carboxylic acids is 1. The number of carboxylic acid groups (broad SMARTS) is 1. The van der Waals surface area contributed by atoms with Gasteiger partial charge >= 0.3 is 11.9 Å². The number of rotatable bonds is 7. The molecule has 0 aromatic heterocycles. The average molecular weight is 336 g/mol. The predicted octanol–water partition coefficient (Wildman–Crippen LogP) is 1.73. The average Bonchev–Trinajstić information content (AvgIpc) is 2.39. The van der Waals surface area contributed by atoms with E-state index in [0.29, 0.717) is 0 Å². The molecule has 0 heterocycles. The third-order valence-electron chi connectivity index (χ3n) is 2.45. The van der Waals surface area contributed by atoms with E-state index >= 15 is 0 Å². The lowest BCUT2D eigenvalue weighted by Crippen LogP contribution is -2.17. The fourth-order valence-electron chi connectivity index (χ4n) is 1.50. The lowest BCUT2D eigenvalue weighted by molar-refractivity contribution is -0.137. The van der Waals surface area contributed by atoms with Gasteiger partial charge in [-0.15, -0.1) is 0 Å². The molecular formula is C12H14ClNO6S. The molecule has 0 atom stereocenters. The Hall–Kier alpha value is -1.80. The maximum absolute atomic E-state index is 11.8. The first-order chi connectivity index (χ1) is 9.75. The Morgan fingerprint density at radius 2 is 2.05 bits per heavy atom. The molecule has 116 valence electrons. The van der Waals surface area contributed by atoms with Gasteiger partial charge in [-0.3, -0.25) is 9.52 Å². The molecule has 1 aromatic carbocycles. The van der Waals surface area contributed by atoms with Crippen LogP contribution in [-0.4, -0.2) is 38.3 Å². The molecule has 0 aliphatic heterocycles. The molecule has 0 saturated carbocycles. The van der Waals surface area contributed by atoms with Crippen molar-refractivity contribution in [3.8, 4) is 0 Å². The molecule has 0 bridgehead atoms. The Morgan fingerprint density at radius 1 is 1.38 bits per heavy atom. The predicted molar refractivity (Wildman–Crippen MR) is 77.1 cm³/mol. The highest BCUT2D eigenvalue weighted by molar-refractivity contribution is 7.92. The summed E-state index contributed by atoms with van der Waals surface area (Å²) < 4.78 is 30.3. The zero-order valence-electron chi connectivity index (χ0n) is 11.1. The van der Waals surface area contributed by atoms with Gasteiger partial charge in [0.2, 0.25) is 10.0 Å². The van der Waals surface area contributed by atoms with Crippen LogP contribution in [0, 0.1) is 0 Å². The monoisotopic (exact) mass is 335 g/mol. The number of hydrogen-bond acceptors (Lipinski definition) is 5. The van der Waals surface area contributed by atoms with Crippen LogP contribution in [0.3, 0.4) is 0 Å². The van der Waals surface area contributed by atoms with Crippen molar-refractivity contribution in [3.05, 3.63) is 28.8 Å². The molecule has 0 fully saturated rings. The Balaban J connectivity index is 2.83.